The van der Waals surface area contributed by atoms with E-state index >= 15 is 0 Å². The standard InChI is InChI=1S/C18H23N/c1-13(2)11-15-7-9-16(10-8-15)18-6-4-5-17(12-18)14(3)19/h4-10,12-14H,11,19H2,1-3H3. The highest BCUT2D eigenvalue weighted by atomic mass is 14.6. The molecule has 0 aliphatic rings. The maximum Gasteiger partial charge on any atom is 0.0266 e. The summed E-state index contributed by atoms with van der Waals surface area (Å²) >= 11 is 0. The van der Waals surface area contributed by atoms with Gasteiger partial charge in [-0.25, -0.2) is 0 Å². The van der Waals surface area contributed by atoms with Crippen LogP contribution in [0.4, 0.5) is 0 Å². The third kappa shape index (κ3) is 3.68. The molecule has 0 radical (unpaired) electrons. The fourth-order valence-corrected chi connectivity index (χ4v) is 2.31. The van der Waals surface area contributed by atoms with Crippen molar-refractivity contribution in [1.29, 1.82) is 0 Å². The maximum absolute atomic E-state index is 5.94. The third-order valence-electron chi connectivity index (χ3n) is 3.34. The lowest BCUT2D eigenvalue weighted by molar-refractivity contribution is 0.647. The van der Waals surface area contributed by atoms with Gasteiger partial charge < -0.3 is 5.73 Å². The van der Waals surface area contributed by atoms with E-state index in [1.54, 1.807) is 0 Å². The van der Waals surface area contributed by atoms with E-state index in [0.29, 0.717) is 5.92 Å². The molecule has 2 rings (SSSR count). The molecule has 2 N–H and O–H groups in total. The summed E-state index contributed by atoms with van der Waals surface area (Å²) < 4.78 is 0. The molecule has 0 amide bonds. The Labute approximate surface area is 116 Å². The molecule has 2 aromatic rings. The Morgan fingerprint density at radius 2 is 1.58 bits per heavy atom. The van der Waals surface area contributed by atoms with Crippen molar-refractivity contribution in [3.05, 3.63) is 59.7 Å². The van der Waals surface area contributed by atoms with Crippen LogP contribution in [0, 0.1) is 5.92 Å². The molecule has 0 aromatic heterocycles. The Morgan fingerprint density at radius 1 is 0.895 bits per heavy atom. The Kier molecular flexibility index (Phi) is 4.39. The molecule has 0 saturated heterocycles. The molecule has 0 fully saturated rings. The van der Waals surface area contributed by atoms with Crippen LogP contribution in [0.5, 0.6) is 0 Å². The van der Waals surface area contributed by atoms with Crippen LogP contribution in [0.25, 0.3) is 11.1 Å². The van der Waals surface area contributed by atoms with Gasteiger partial charge in [-0.2, -0.15) is 0 Å². The van der Waals surface area contributed by atoms with Crippen LogP contribution in [0.1, 0.15) is 37.9 Å². The van der Waals surface area contributed by atoms with Crippen LogP contribution >= 0.6 is 0 Å². The van der Waals surface area contributed by atoms with Crippen LogP contribution < -0.4 is 5.73 Å². The first kappa shape index (κ1) is 13.8. The molecule has 0 spiro atoms. The first-order valence-electron chi connectivity index (χ1n) is 7.01. The smallest absolute Gasteiger partial charge is 0.0266 e. The van der Waals surface area contributed by atoms with Crippen molar-refractivity contribution in [3.63, 3.8) is 0 Å². The predicted molar refractivity (Wildman–Crippen MR) is 83.0 cm³/mol. The normalized spacial score (nSPS) is 12.7. The monoisotopic (exact) mass is 253 g/mol. The Hall–Kier alpha value is -1.60. The Bertz CT molecular complexity index is 524. The summed E-state index contributed by atoms with van der Waals surface area (Å²) in [7, 11) is 0. The highest BCUT2D eigenvalue weighted by Gasteiger charge is 2.03. The van der Waals surface area contributed by atoms with Gasteiger partial charge >= 0.3 is 0 Å². The lowest BCUT2D eigenvalue weighted by atomic mass is 9.97. The first-order valence-corrected chi connectivity index (χ1v) is 7.01. The van der Waals surface area contributed by atoms with Gasteiger partial charge in [0.25, 0.3) is 0 Å². The van der Waals surface area contributed by atoms with Crippen molar-refractivity contribution >= 4 is 0 Å². The zero-order valence-electron chi connectivity index (χ0n) is 12.1. The molecular formula is C18H23N. The predicted octanol–water partition coefficient (Wildman–Crippen LogP) is 4.57. The fourth-order valence-electron chi connectivity index (χ4n) is 2.31. The summed E-state index contributed by atoms with van der Waals surface area (Å²) in [5, 5.41) is 0. The number of hydrogen-bond donors (Lipinski definition) is 1. The molecule has 0 saturated carbocycles. The second-order valence-corrected chi connectivity index (χ2v) is 5.71. The van der Waals surface area contributed by atoms with E-state index in [4.69, 9.17) is 5.73 Å². The van der Waals surface area contributed by atoms with E-state index in [2.05, 4.69) is 62.4 Å². The average molecular weight is 253 g/mol. The zero-order valence-corrected chi connectivity index (χ0v) is 12.1. The van der Waals surface area contributed by atoms with Crippen LogP contribution in [-0.4, -0.2) is 0 Å². The van der Waals surface area contributed by atoms with Crippen molar-refractivity contribution in [2.24, 2.45) is 11.7 Å². The van der Waals surface area contributed by atoms with Gasteiger partial charge in [0.2, 0.25) is 0 Å². The maximum atomic E-state index is 5.94. The molecule has 19 heavy (non-hydrogen) atoms. The minimum atomic E-state index is 0.0835. The summed E-state index contributed by atoms with van der Waals surface area (Å²) in [4.78, 5) is 0. The number of rotatable bonds is 4. The SMILES string of the molecule is CC(C)Cc1ccc(-c2cccc(C(C)N)c2)cc1. The summed E-state index contributed by atoms with van der Waals surface area (Å²) in [5.41, 5.74) is 11.0. The van der Waals surface area contributed by atoms with E-state index in [0.717, 1.165) is 6.42 Å². The van der Waals surface area contributed by atoms with E-state index in [9.17, 15) is 0 Å². The van der Waals surface area contributed by atoms with Crippen molar-refractivity contribution < 1.29 is 0 Å². The Morgan fingerprint density at radius 3 is 2.16 bits per heavy atom. The summed E-state index contributed by atoms with van der Waals surface area (Å²) in [6, 6.07) is 17.4. The molecule has 0 bridgehead atoms. The molecule has 0 heterocycles. The van der Waals surface area contributed by atoms with Gasteiger partial charge in [-0.1, -0.05) is 56.3 Å². The lowest BCUT2D eigenvalue weighted by Crippen LogP contribution is -2.04. The second-order valence-electron chi connectivity index (χ2n) is 5.71. The highest BCUT2D eigenvalue weighted by Crippen LogP contribution is 2.23. The first-order chi connectivity index (χ1) is 9.06. The largest absolute Gasteiger partial charge is 0.324 e. The van der Waals surface area contributed by atoms with Gasteiger partial charge in [-0.05, 0) is 47.6 Å². The van der Waals surface area contributed by atoms with Gasteiger partial charge in [0.15, 0.2) is 0 Å². The lowest BCUT2D eigenvalue weighted by Gasteiger charge is -2.10. The van der Waals surface area contributed by atoms with Crippen LogP contribution in [0.3, 0.4) is 0 Å². The topological polar surface area (TPSA) is 26.0 Å². The van der Waals surface area contributed by atoms with Gasteiger partial charge in [-0.15, -0.1) is 0 Å². The van der Waals surface area contributed by atoms with Crippen LogP contribution in [-0.2, 0) is 6.42 Å². The summed E-state index contributed by atoms with van der Waals surface area (Å²) in [6.45, 7) is 6.52. The zero-order chi connectivity index (χ0) is 13.8. The fraction of sp³-hybridized carbons (Fsp3) is 0.333. The minimum Gasteiger partial charge on any atom is -0.324 e. The van der Waals surface area contributed by atoms with E-state index in [1.165, 1.54) is 22.3 Å². The molecular weight excluding hydrogens is 230 g/mol. The summed E-state index contributed by atoms with van der Waals surface area (Å²) in [5.74, 6) is 0.701. The second kappa shape index (κ2) is 6.03. The number of hydrogen-bond acceptors (Lipinski definition) is 1. The van der Waals surface area contributed by atoms with E-state index in [1.807, 2.05) is 6.92 Å². The van der Waals surface area contributed by atoms with Crippen molar-refractivity contribution in [2.45, 2.75) is 33.2 Å². The molecule has 1 nitrogen and oxygen atoms in total. The Balaban J connectivity index is 2.24. The van der Waals surface area contributed by atoms with Crippen LogP contribution in [0.2, 0.25) is 0 Å². The van der Waals surface area contributed by atoms with E-state index in [-0.39, 0.29) is 6.04 Å². The van der Waals surface area contributed by atoms with Crippen molar-refractivity contribution in [1.82, 2.24) is 0 Å². The molecule has 0 aliphatic carbocycles. The van der Waals surface area contributed by atoms with Gasteiger partial charge in [0.1, 0.15) is 0 Å². The third-order valence-corrected chi connectivity index (χ3v) is 3.34. The molecule has 1 heteroatoms. The average Bonchev–Trinajstić information content (AvgIpc) is 2.39. The van der Waals surface area contributed by atoms with E-state index < -0.39 is 0 Å². The summed E-state index contributed by atoms with van der Waals surface area (Å²) in [6.07, 6.45) is 1.14. The number of benzene rings is 2. The van der Waals surface area contributed by atoms with Gasteiger partial charge in [0.05, 0.1) is 0 Å². The quantitative estimate of drug-likeness (QED) is 0.848. The van der Waals surface area contributed by atoms with Crippen molar-refractivity contribution in [2.75, 3.05) is 0 Å². The molecule has 1 unspecified atom stereocenters. The van der Waals surface area contributed by atoms with Crippen LogP contribution in [0.15, 0.2) is 48.5 Å². The molecule has 2 aromatic carbocycles. The molecule has 1 atom stereocenters. The van der Waals surface area contributed by atoms with Crippen molar-refractivity contribution in [3.8, 4) is 11.1 Å². The van der Waals surface area contributed by atoms with Gasteiger partial charge in [0, 0.05) is 6.04 Å². The number of nitrogens with two attached hydrogens (primary N) is 1. The molecule has 100 valence electrons. The van der Waals surface area contributed by atoms with Gasteiger partial charge in [-0.3, -0.25) is 0 Å². The molecule has 0 aliphatic heterocycles. The minimum absolute atomic E-state index is 0.0835. The highest BCUT2D eigenvalue weighted by molar-refractivity contribution is 5.64.